The van der Waals surface area contributed by atoms with Crippen molar-refractivity contribution in [2.75, 3.05) is 47.1 Å². The largest absolute Gasteiger partial charge is 0.381 e. The second kappa shape index (κ2) is 7.53. The molecule has 134 valence electrons. The molecule has 1 saturated heterocycles. The van der Waals surface area contributed by atoms with Crippen molar-refractivity contribution in [1.82, 2.24) is 19.4 Å². The number of aryl methyl sites for hydroxylation is 1. The topological polar surface area (TPSA) is 59.8 Å². The highest BCUT2D eigenvalue weighted by Gasteiger charge is 2.32. The number of urea groups is 1. The average Bonchev–Trinajstić information content (AvgIpc) is 2.96. The molecule has 0 aromatic carbocycles. The maximum Gasteiger partial charge on any atom is 0.319 e. The molecule has 1 atom stereocenters. The van der Waals surface area contributed by atoms with E-state index in [4.69, 9.17) is 9.47 Å². The van der Waals surface area contributed by atoms with Gasteiger partial charge in [0, 0.05) is 59.1 Å². The summed E-state index contributed by atoms with van der Waals surface area (Å²) in [6, 6.07) is 0.0285. The molecule has 0 radical (unpaired) electrons. The van der Waals surface area contributed by atoms with Crippen LogP contribution in [0.5, 0.6) is 0 Å². The van der Waals surface area contributed by atoms with Crippen LogP contribution in [0.2, 0.25) is 0 Å². The molecular weight excluding hydrogens is 308 g/mol. The highest BCUT2D eigenvalue weighted by molar-refractivity contribution is 5.74. The first-order chi connectivity index (χ1) is 11.6. The average molecular weight is 336 g/mol. The Morgan fingerprint density at radius 3 is 2.83 bits per heavy atom. The van der Waals surface area contributed by atoms with E-state index in [1.807, 2.05) is 18.3 Å². The van der Waals surface area contributed by atoms with Gasteiger partial charge >= 0.3 is 6.03 Å². The van der Waals surface area contributed by atoms with Gasteiger partial charge in [0.1, 0.15) is 0 Å². The smallest absolute Gasteiger partial charge is 0.319 e. The Balaban J connectivity index is 1.63. The Morgan fingerprint density at radius 2 is 2.12 bits per heavy atom. The SMILES string of the molecule is CN(C)C(=O)N1Cc2ncn(C)c2[C@@H](COCC2CCOCC2)C1. The Hall–Kier alpha value is -1.60. The molecule has 2 amide bonds. The zero-order valence-corrected chi connectivity index (χ0v) is 14.9. The van der Waals surface area contributed by atoms with E-state index < -0.39 is 0 Å². The van der Waals surface area contributed by atoms with Gasteiger partial charge in [0.15, 0.2) is 0 Å². The van der Waals surface area contributed by atoms with Crippen molar-refractivity contribution in [2.24, 2.45) is 13.0 Å². The number of aromatic nitrogens is 2. The van der Waals surface area contributed by atoms with Crippen LogP contribution in [0.25, 0.3) is 0 Å². The molecule has 0 bridgehead atoms. The Labute approximate surface area is 143 Å². The van der Waals surface area contributed by atoms with E-state index in [2.05, 4.69) is 9.55 Å². The molecule has 2 aliphatic rings. The summed E-state index contributed by atoms with van der Waals surface area (Å²) in [5.74, 6) is 0.762. The van der Waals surface area contributed by atoms with Crippen molar-refractivity contribution in [3.63, 3.8) is 0 Å². The highest BCUT2D eigenvalue weighted by atomic mass is 16.5. The van der Waals surface area contributed by atoms with Crippen molar-refractivity contribution in [3.8, 4) is 0 Å². The summed E-state index contributed by atoms with van der Waals surface area (Å²) in [5.41, 5.74) is 2.18. The maximum atomic E-state index is 12.3. The molecule has 0 aliphatic carbocycles. The van der Waals surface area contributed by atoms with Gasteiger partial charge in [-0.3, -0.25) is 0 Å². The number of carbonyl (C=O) groups excluding carboxylic acids is 1. The quantitative estimate of drug-likeness (QED) is 0.835. The van der Waals surface area contributed by atoms with Gasteiger partial charge in [-0.25, -0.2) is 9.78 Å². The van der Waals surface area contributed by atoms with E-state index in [1.54, 1.807) is 19.0 Å². The third kappa shape index (κ3) is 3.72. The minimum Gasteiger partial charge on any atom is -0.381 e. The first kappa shape index (κ1) is 17.2. The Kier molecular flexibility index (Phi) is 5.40. The second-order valence-electron chi connectivity index (χ2n) is 7.04. The van der Waals surface area contributed by atoms with Crippen molar-refractivity contribution in [3.05, 3.63) is 17.7 Å². The van der Waals surface area contributed by atoms with Crippen LogP contribution in [-0.4, -0.2) is 72.4 Å². The molecule has 0 unspecified atom stereocenters. The molecule has 1 fully saturated rings. The van der Waals surface area contributed by atoms with Crippen LogP contribution < -0.4 is 0 Å². The van der Waals surface area contributed by atoms with Crippen molar-refractivity contribution < 1.29 is 14.3 Å². The predicted molar refractivity (Wildman–Crippen MR) is 89.8 cm³/mol. The molecule has 0 saturated carbocycles. The Morgan fingerprint density at radius 1 is 1.38 bits per heavy atom. The van der Waals surface area contributed by atoms with Crippen LogP contribution in [0, 0.1) is 5.92 Å². The van der Waals surface area contributed by atoms with Gasteiger partial charge in [-0.2, -0.15) is 0 Å². The highest BCUT2D eigenvalue weighted by Crippen LogP contribution is 2.28. The number of fused-ring (bicyclic) bond motifs is 1. The molecule has 0 N–H and O–H groups in total. The lowest BCUT2D eigenvalue weighted by Gasteiger charge is -2.34. The van der Waals surface area contributed by atoms with Gasteiger partial charge in [0.05, 0.1) is 25.2 Å². The van der Waals surface area contributed by atoms with Crippen LogP contribution in [-0.2, 0) is 23.1 Å². The fraction of sp³-hybridized carbons (Fsp3) is 0.765. The van der Waals surface area contributed by atoms with Crippen LogP contribution in [0.1, 0.15) is 30.1 Å². The molecule has 2 aliphatic heterocycles. The summed E-state index contributed by atoms with van der Waals surface area (Å²) in [4.78, 5) is 20.3. The lowest BCUT2D eigenvalue weighted by Crippen LogP contribution is -2.44. The molecular formula is C17H28N4O3. The zero-order chi connectivity index (χ0) is 17.1. The van der Waals surface area contributed by atoms with E-state index in [9.17, 15) is 4.79 Å². The van der Waals surface area contributed by atoms with Crippen LogP contribution in [0.4, 0.5) is 4.79 Å². The van der Waals surface area contributed by atoms with Gasteiger partial charge in [-0.15, -0.1) is 0 Å². The maximum absolute atomic E-state index is 12.3. The lowest BCUT2D eigenvalue weighted by atomic mass is 9.98. The van der Waals surface area contributed by atoms with Crippen LogP contribution >= 0.6 is 0 Å². The third-order valence-corrected chi connectivity index (χ3v) is 4.90. The van der Waals surface area contributed by atoms with Gasteiger partial charge < -0.3 is 23.8 Å². The third-order valence-electron chi connectivity index (χ3n) is 4.90. The number of hydrogen-bond acceptors (Lipinski definition) is 4. The summed E-state index contributed by atoms with van der Waals surface area (Å²) in [7, 11) is 5.58. The first-order valence-electron chi connectivity index (χ1n) is 8.68. The number of rotatable bonds is 4. The monoisotopic (exact) mass is 336 g/mol. The van der Waals surface area contributed by atoms with E-state index in [-0.39, 0.29) is 11.9 Å². The zero-order valence-electron chi connectivity index (χ0n) is 14.9. The van der Waals surface area contributed by atoms with Gasteiger partial charge in [-0.05, 0) is 18.8 Å². The first-order valence-corrected chi connectivity index (χ1v) is 8.68. The molecule has 1 aromatic heterocycles. The van der Waals surface area contributed by atoms with E-state index in [0.717, 1.165) is 38.4 Å². The molecule has 3 rings (SSSR count). The van der Waals surface area contributed by atoms with Crippen molar-refractivity contribution in [2.45, 2.75) is 25.3 Å². The summed E-state index contributed by atoms with van der Waals surface area (Å²) in [5, 5.41) is 0. The van der Waals surface area contributed by atoms with Gasteiger partial charge in [0.25, 0.3) is 0 Å². The van der Waals surface area contributed by atoms with Crippen molar-refractivity contribution in [1.29, 1.82) is 0 Å². The fourth-order valence-electron chi connectivity index (χ4n) is 3.58. The molecule has 7 nitrogen and oxygen atoms in total. The summed E-state index contributed by atoms with van der Waals surface area (Å²) >= 11 is 0. The minimum absolute atomic E-state index is 0.0285. The molecule has 0 spiro atoms. The van der Waals surface area contributed by atoms with Crippen molar-refractivity contribution >= 4 is 6.03 Å². The summed E-state index contributed by atoms with van der Waals surface area (Å²) in [6.45, 7) is 4.33. The summed E-state index contributed by atoms with van der Waals surface area (Å²) in [6.07, 6.45) is 3.99. The number of amides is 2. The number of ether oxygens (including phenoxy) is 2. The van der Waals surface area contributed by atoms with E-state index in [1.165, 1.54) is 5.69 Å². The van der Waals surface area contributed by atoms with E-state index >= 15 is 0 Å². The molecule has 3 heterocycles. The number of hydrogen-bond donors (Lipinski definition) is 0. The Bertz CT molecular complexity index is 566. The van der Waals surface area contributed by atoms with E-state index in [0.29, 0.717) is 25.6 Å². The molecule has 7 heteroatoms. The standard InChI is InChI=1S/C17H28N4O3/c1-19(2)17(22)21-8-14(16-15(9-21)18-12-20(16)3)11-24-10-13-4-6-23-7-5-13/h12-14H,4-11H2,1-3H3/t14-/m1/s1. The molecule has 24 heavy (non-hydrogen) atoms. The van der Waals surface area contributed by atoms with Crippen LogP contribution in [0.3, 0.4) is 0 Å². The minimum atomic E-state index is 0.0285. The predicted octanol–water partition coefficient (Wildman–Crippen LogP) is 1.44. The van der Waals surface area contributed by atoms with Gasteiger partial charge in [-0.1, -0.05) is 0 Å². The summed E-state index contributed by atoms with van der Waals surface area (Å²) < 4.78 is 13.5. The van der Waals surface area contributed by atoms with Crippen LogP contribution in [0.15, 0.2) is 6.33 Å². The molecule has 1 aromatic rings. The van der Waals surface area contributed by atoms with Gasteiger partial charge in [0.2, 0.25) is 0 Å². The second-order valence-corrected chi connectivity index (χ2v) is 7.04. The normalized spacial score (nSPS) is 21.6. The number of carbonyl (C=O) groups is 1. The number of imidazole rings is 1. The fourth-order valence-corrected chi connectivity index (χ4v) is 3.58. The lowest BCUT2D eigenvalue weighted by molar-refractivity contribution is 0.0138. The number of nitrogens with zero attached hydrogens (tertiary/aromatic N) is 4.